The van der Waals surface area contributed by atoms with Crippen molar-refractivity contribution >= 4 is 151 Å². The number of likely N-dealkylation sites (N-methyl/N-ethyl adjacent to an activating group) is 2. The maximum Gasteiger partial charge on any atom is 0.474 e. The lowest BCUT2D eigenvalue weighted by Gasteiger charge is -2.30. The average molecular weight is 1540 g/mol. The number of fused-ring (bicyclic) bond motifs is 2. The fraction of sp³-hybridized carbons (Fsp3) is 0.364. The molecule has 92 heavy (non-hydrogen) atoms. The van der Waals surface area contributed by atoms with Crippen LogP contribution in [0.2, 0.25) is 29.7 Å². The first kappa shape index (κ1) is 84.4. The van der Waals surface area contributed by atoms with Crippen molar-refractivity contribution < 1.29 is 93.4 Å². The number of urea groups is 2. The molecule has 6 aromatic rings. The van der Waals surface area contributed by atoms with E-state index in [2.05, 4.69) is 86.2 Å². The zero-order chi connectivity index (χ0) is 67.5. The smallest absolute Gasteiger partial charge is 0.447 e. The number of aliphatic hydroxyl groups is 2. The van der Waals surface area contributed by atoms with Crippen LogP contribution in [0.4, 0.5) is 48.4 Å². The highest BCUT2D eigenvalue weighted by atomic mass is 127. The van der Waals surface area contributed by atoms with Crippen LogP contribution >= 0.6 is 87.6 Å². The number of benzene rings is 4. The summed E-state index contributed by atoms with van der Waals surface area (Å²) < 4.78 is 107. The second kappa shape index (κ2) is 41.2. The molecule has 0 saturated carbocycles. The Bertz CT molecular complexity index is 3520. The van der Waals surface area contributed by atoms with Gasteiger partial charge in [0.1, 0.15) is 53.7 Å². The number of hydrogen-bond acceptors (Lipinski definition) is 17. The van der Waals surface area contributed by atoms with Crippen LogP contribution < -0.4 is 21.3 Å². The highest BCUT2D eigenvalue weighted by Crippen LogP contribution is 2.47. The number of phosphoric acid groups is 2. The number of aromatic nitrogens is 2. The molecule has 2 unspecified atom stereocenters. The number of halogens is 7. The lowest BCUT2D eigenvalue weighted by Crippen LogP contribution is -2.47. The van der Waals surface area contributed by atoms with E-state index < -0.39 is 119 Å². The summed E-state index contributed by atoms with van der Waals surface area (Å²) in [5.74, 6) is -2.09. The zero-order valence-corrected chi connectivity index (χ0v) is 59.1. The Hall–Kier alpha value is -5.64. The molecule has 0 radical (unpaired) electrons. The summed E-state index contributed by atoms with van der Waals surface area (Å²) in [6.07, 6.45) is -2.31. The molecule has 508 valence electrons. The van der Waals surface area contributed by atoms with Gasteiger partial charge in [0.05, 0.1) is 53.6 Å². The molecule has 0 aliphatic rings. The number of phosphoric ester groups is 2. The molecule has 4 aromatic carbocycles. The molecule has 0 saturated heterocycles. The topological polar surface area (TPSA) is 343 Å². The molecule has 0 aliphatic heterocycles. The van der Waals surface area contributed by atoms with E-state index in [-0.39, 0.29) is 74.6 Å². The summed E-state index contributed by atoms with van der Waals surface area (Å²) in [5.41, 5.74) is -0.0114. The van der Waals surface area contributed by atoms with Crippen LogP contribution in [0, 0.1) is 34.6 Å². The monoisotopic (exact) mass is 1540 g/mol. The van der Waals surface area contributed by atoms with Crippen LogP contribution in [-0.2, 0) is 49.8 Å². The number of carbonyl (C=O) groups is 4. The van der Waals surface area contributed by atoms with Crippen molar-refractivity contribution in [2.75, 3.05) is 65.4 Å². The summed E-state index contributed by atoms with van der Waals surface area (Å²) in [6.45, 7) is 5.99. The summed E-state index contributed by atoms with van der Waals surface area (Å²) >= 11 is 14.4. The third kappa shape index (κ3) is 31.5. The zero-order valence-electron chi connectivity index (χ0n) is 50.7. The molecule has 0 fully saturated rings. The van der Waals surface area contributed by atoms with E-state index in [1.165, 1.54) is 106 Å². The molecule has 0 spiro atoms. The number of amides is 6. The van der Waals surface area contributed by atoms with Crippen LogP contribution in [0.15, 0.2) is 97.3 Å². The van der Waals surface area contributed by atoms with Crippen LogP contribution in [0.25, 0.3) is 21.5 Å². The largest absolute Gasteiger partial charge is 0.474 e. The molecule has 2 heterocycles. The van der Waals surface area contributed by atoms with Gasteiger partial charge >= 0.3 is 39.9 Å². The van der Waals surface area contributed by atoms with Gasteiger partial charge in [-0.05, 0) is 95.4 Å². The Balaban J connectivity index is 0.000000808. The first-order chi connectivity index (χ1) is 42.2. The van der Waals surface area contributed by atoms with Gasteiger partial charge in [0, 0.05) is 71.5 Å². The maximum atomic E-state index is 13.8. The van der Waals surface area contributed by atoms with E-state index in [1.54, 1.807) is 12.1 Å². The van der Waals surface area contributed by atoms with Crippen molar-refractivity contribution in [1.82, 2.24) is 30.4 Å². The van der Waals surface area contributed by atoms with Gasteiger partial charge in [-0.25, -0.2) is 55.8 Å². The fourth-order valence-corrected chi connectivity index (χ4v) is 8.73. The lowest BCUT2D eigenvalue weighted by atomic mass is 10.1. The second-order valence-electron chi connectivity index (χ2n) is 19.8. The molecule has 25 nitrogen and oxygen atoms in total. The minimum Gasteiger partial charge on any atom is -0.447 e. The van der Waals surface area contributed by atoms with Crippen molar-refractivity contribution in [2.45, 2.75) is 76.8 Å². The first-order valence-electron chi connectivity index (χ1n) is 26.5. The quantitative estimate of drug-likeness (QED) is 0.00917. The molecule has 6 rings (SSSR count). The number of hydrogen-bond donors (Lipinski definition) is 8. The normalized spacial score (nSPS) is 12.3. The van der Waals surface area contributed by atoms with E-state index in [1.807, 2.05) is 0 Å². The van der Waals surface area contributed by atoms with E-state index in [0.29, 0.717) is 32.7 Å². The Morgan fingerprint density at radius 2 is 1.01 bits per heavy atom. The molecular formula is C55H72Cl2F4IN9O16P2S2Si. The first-order valence-corrected chi connectivity index (χ1v) is 36.8. The molecule has 0 aliphatic carbocycles. The van der Waals surface area contributed by atoms with Crippen molar-refractivity contribution in [3.05, 3.63) is 142 Å². The summed E-state index contributed by atoms with van der Waals surface area (Å²) in [6, 6.07) is 17.7. The highest BCUT2D eigenvalue weighted by Gasteiger charge is 2.30. The average Bonchev–Trinajstić information content (AvgIpc) is 0.903. The number of nitrogens with one attached hydrogen (secondary N) is 4. The van der Waals surface area contributed by atoms with Crippen LogP contribution in [0.1, 0.15) is 30.9 Å². The Kier molecular flexibility index (Phi) is 37.8. The standard InChI is InChI=1S/C26H30ClF2N4O8P.C24H26ClF2N4O8P.C3H9ISi.C2H3N.2H2S/c1-33(25(35)31-13-17-5-4-6-22(29)24(17)27)20(11-21(34)15-41-42(37,38-2)39-3)14-40-26(36)32-23-10-18-9-19(28)8-7-16(18)12-30-23;1-31(23(33)29-11-15-3-2-4-20(27)22(15)25)18(9-19(32)13-39-40(35,36)37)12-38-24(34)30-21-8-16-7-17(26)6-5-14(16)10-28-21;1-5(2,3)4;1-2-3;;/h4-10,12,20-21,34H,11,13-15H2,1-3H3,(H,31,35)(H,30,32,36);2-8,10,18-19,32H,9,11-13H2,1H3,(H,29,33)(H,28,30,34)(H2,35,36,37);1-3H3;1H3;2*1H2/t20-,21?;18-,19?;;;;/m00..../s1. The van der Waals surface area contributed by atoms with Gasteiger partial charge in [-0.3, -0.25) is 28.7 Å². The third-order valence-electron chi connectivity index (χ3n) is 11.7. The molecule has 0 bridgehead atoms. The van der Waals surface area contributed by atoms with E-state index in [0.717, 1.165) is 30.1 Å². The van der Waals surface area contributed by atoms with E-state index in [4.69, 9.17) is 52.2 Å². The Morgan fingerprint density at radius 1 is 0.652 bits per heavy atom. The number of nitrogens with zero attached hydrogens (tertiary/aromatic N) is 5. The number of nitriles is 1. The van der Waals surface area contributed by atoms with Gasteiger partial charge in [0.2, 0.25) is 0 Å². The van der Waals surface area contributed by atoms with Gasteiger partial charge < -0.3 is 49.9 Å². The molecule has 4 atom stereocenters. The van der Waals surface area contributed by atoms with Crippen LogP contribution in [0.5, 0.6) is 0 Å². The van der Waals surface area contributed by atoms with E-state index >= 15 is 0 Å². The Morgan fingerprint density at radius 3 is 1.36 bits per heavy atom. The van der Waals surface area contributed by atoms with Crippen molar-refractivity contribution in [3.63, 3.8) is 0 Å². The van der Waals surface area contributed by atoms with Gasteiger partial charge in [0.15, 0.2) is 0 Å². The molecule has 2 aromatic heterocycles. The van der Waals surface area contributed by atoms with E-state index in [9.17, 15) is 56.1 Å². The maximum absolute atomic E-state index is 13.8. The number of ether oxygens (including phenoxy) is 2. The van der Waals surface area contributed by atoms with Gasteiger partial charge in [0.25, 0.3) is 0 Å². The highest BCUT2D eigenvalue weighted by molar-refractivity contribution is 14.1. The third-order valence-corrected chi connectivity index (χ3v) is 14.4. The Labute approximate surface area is 566 Å². The van der Waals surface area contributed by atoms with Crippen LogP contribution in [-0.4, -0.2) is 149 Å². The van der Waals surface area contributed by atoms with Crippen molar-refractivity contribution in [1.29, 1.82) is 5.26 Å². The van der Waals surface area contributed by atoms with Crippen molar-refractivity contribution in [3.8, 4) is 6.07 Å². The van der Waals surface area contributed by atoms with Gasteiger partial charge in [-0.1, -0.05) is 67.1 Å². The molecule has 37 heteroatoms. The minimum absolute atomic E-state index is 0. The molecule has 8 N–H and O–H groups in total. The SMILES string of the molecule is CC#N.CN(C(=O)NCc1cccc(F)c1Cl)[C@H](COC(=O)Nc1cc2cc(F)ccc2cn1)CC(O)COP(=O)(O)O.COP(=O)(OC)OCC(O)C[C@@H](COC(=O)Nc1cc2cc(F)ccc2cn1)N(C)C(=O)NCc1cccc(F)c1Cl.C[Si](C)(C)I.S.S. The second-order valence-corrected chi connectivity index (χ2v) is 37.5. The van der Waals surface area contributed by atoms with Crippen molar-refractivity contribution in [2.24, 2.45) is 0 Å². The summed E-state index contributed by atoms with van der Waals surface area (Å²) in [7, 11) is -3.84. The van der Waals surface area contributed by atoms with Crippen LogP contribution in [0.3, 0.4) is 0 Å². The number of aliphatic hydroxyl groups excluding tert-OH is 2. The van der Waals surface area contributed by atoms with Gasteiger partial charge in [-0.15, -0.1) is 21.8 Å². The predicted octanol–water partition coefficient (Wildman–Crippen LogP) is 11.9. The number of pyridine rings is 2. The number of carbonyl (C=O) groups excluding carboxylic acids is 4. The minimum atomic E-state index is -4.87. The molecular weight excluding hydrogens is 1470 g/mol. The summed E-state index contributed by atoms with van der Waals surface area (Å²) in [4.78, 5) is 78.8. The summed E-state index contributed by atoms with van der Waals surface area (Å²) in [5, 5.41) is 40.0. The number of anilines is 2. The number of rotatable bonds is 24. The molecule has 6 amide bonds. The lowest BCUT2D eigenvalue weighted by molar-refractivity contribution is 0.0403. The predicted molar refractivity (Wildman–Crippen MR) is 360 cm³/mol. The fourth-order valence-electron chi connectivity index (χ4n) is 7.26. The van der Waals surface area contributed by atoms with Gasteiger partial charge in [-0.2, -0.15) is 32.3 Å².